The zero-order chi connectivity index (χ0) is 19.5. The number of ether oxygens (including phenoxy) is 1. The molecule has 0 radical (unpaired) electrons. The van der Waals surface area contributed by atoms with E-state index in [1.165, 1.54) is 0 Å². The minimum atomic E-state index is -0.118. The molecule has 2 N–H and O–H groups in total. The van der Waals surface area contributed by atoms with E-state index >= 15 is 0 Å². The van der Waals surface area contributed by atoms with Crippen LogP contribution >= 0.6 is 11.3 Å². The lowest BCUT2D eigenvalue weighted by Gasteiger charge is -2.29. The van der Waals surface area contributed by atoms with Gasteiger partial charge in [0.25, 0.3) is 0 Å². The Bertz CT molecular complexity index is 717. The summed E-state index contributed by atoms with van der Waals surface area (Å²) in [7, 11) is 0. The molecule has 3 amide bonds. The van der Waals surface area contributed by atoms with Crippen LogP contribution in [0.4, 0.5) is 0 Å². The summed E-state index contributed by atoms with van der Waals surface area (Å²) >= 11 is 1.61. The van der Waals surface area contributed by atoms with Crippen LogP contribution in [0.1, 0.15) is 31.2 Å². The predicted octanol–water partition coefficient (Wildman–Crippen LogP) is 1.14. The molecule has 1 saturated carbocycles. The smallest absolute Gasteiger partial charge is 0.239 e. The van der Waals surface area contributed by atoms with E-state index in [4.69, 9.17) is 4.74 Å². The van der Waals surface area contributed by atoms with Gasteiger partial charge >= 0.3 is 0 Å². The van der Waals surface area contributed by atoms with Gasteiger partial charge in [-0.3, -0.25) is 14.4 Å². The number of carbonyl (C=O) groups excluding carboxylic acids is 3. The molecule has 3 aliphatic rings. The Balaban J connectivity index is 1.36. The predicted molar refractivity (Wildman–Crippen MR) is 104 cm³/mol. The van der Waals surface area contributed by atoms with Gasteiger partial charge in [-0.2, -0.15) is 11.3 Å². The van der Waals surface area contributed by atoms with Crippen molar-refractivity contribution >= 4 is 29.1 Å². The standard InChI is InChI=1S/C20H27N3O4S/c24-18-11-23(20(26)14-1-4-27-5-2-14)10-16-7-15(8-17(16)22-18)19(25)21-9-13-3-6-28-12-13/h3,6,12,14-17H,1-2,4-5,7-11H2,(H,21,25)(H,22,24)/t15-,16+,17+/m0/s1. The second-order valence-corrected chi connectivity index (χ2v) is 8.84. The van der Waals surface area contributed by atoms with Gasteiger partial charge in [-0.05, 0) is 54.0 Å². The van der Waals surface area contributed by atoms with Gasteiger partial charge in [0.05, 0.1) is 6.54 Å². The third-order valence-electron chi connectivity index (χ3n) is 6.13. The molecule has 8 heteroatoms. The van der Waals surface area contributed by atoms with E-state index in [-0.39, 0.29) is 48.1 Å². The van der Waals surface area contributed by atoms with E-state index in [1.807, 2.05) is 16.8 Å². The van der Waals surface area contributed by atoms with Crippen molar-refractivity contribution in [1.29, 1.82) is 0 Å². The summed E-state index contributed by atoms with van der Waals surface area (Å²) in [6.45, 7) is 2.42. The quantitative estimate of drug-likeness (QED) is 0.787. The Kier molecular flexibility index (Phi) is 5.96. The van der Waals surface area contributed by atoms with Crippen molar-refractivity contribution < 1.29 is 19.1 Å². The van der Waals surface area contributed by atoms with Crippen LogP contribution in [0.25, 0.3) is 0 Å². The Morgan fingerprint density at radius 2 is 2.07 bits per heavy atom. The Morgan fingerprint density at radius 3 is 2.82 bits per heavy atom. The van der Waals surface area contributed by atoms with Crippen molar-refractivity contribution in [1.82, 2.24) is 15.5 Å². The van der Waals surface area contributed by atoms with Crippen LogP contribution in [0, 0.1) is 17.8 Å². The van der Waals surface area contributed by atoms with Crippen molar-refractivity contribution in [2.24, 2.45) is 17.8 Å². The minimum Gasteiger partial charge on any atom is -0.381 e. The number of thiophene rings is 1. The van der Waals surface area contributed by atoms with Crippen molar-refractivity contribution in [3.05, 3.63) is 22.4 Å². The van der Waals surface area contributed by atoms with Gasteiger partial charge in [0.15, 0.2) is 0 Å². The summed E-state index contributed by atoms with van der Waals surface area (Å²) in [6, 6.07) is 1.97. The molecule has 28 heavy (non-hydrogen) atoms. The molecular formula is C20H27N3O4S. The first-order valence-electron chi connectivity index (χ1n) is 10.0. The molecule has 1 aromatic rings. The van der Waals surface area contributed by atoms with E-state index < -0.39 is 0 Å². The fourth-order valence-electron chi connectivity index (χ4n) is 4.59. The summed E-state index contributed by atoms with van der Waals surface area (Å²) in [5, 5.41) is 10.1. The van der Waals surface area contributed by atoms with Crippen LogP contribution in [0.5, 0.6) is 0 Å². The van der Waals surface area contributed by atoms with Gasteiger partial charge in [0.1, 0.15) is 0 Å². The Hall–Kier alpha value is -1.93. The van der Waals surface area contributed by atoms with Gasteiger partial charge < -0.3 is 20.3 Å². The van der Waals surface area contributed by atoms with Gasteiger partial charge in [0.2, 0.25) is 17.7 Å². The number of nitrogens with zero attached hydrogens (tertiary/aromatic N) is 1. The molecule has 0 bridgehead atoms. The van der Waals surface area contributed by atoms with Gasteiger partial charge in [-0.25, -0.2) is 0 Å². The lowest BCUT2D eigenvalue weighted by atomic mass is 9.97. The SMILES string of the molecule is O=C1CN(C(=O)C2CCOCC2)C[C@H]2C[C@H](C(=O)NCc3ccsc3)C[C@H]2N1. The molecule has 4 rings (SSSR count). The number of nitrogens with one attached hydrogen (secondary N) is 2. The zero-order valence-corrected chi connectivity index (χ0v) is 16.7. The molecule has 0 spiro atoms. The van der Waals surface area contributed by atoms with Crippen LogP contribution in [-0.4, -0.2) is 55.0 Å². The maximum absolute atomic E-state index is 12.9. The highest BCUT2D eigenvalue weighted by Crippen LogP contribution is 2.34. The fourth-order valence-corrected chi connectivity index (χ4v) is 5.26. The van der Waals surface area contributed by atoms with Crippen LogP contribution < -0.4 is 10.6 Å². The second-order valence-electron chi connectivity index (χ2n) is 8.06. The first kappa shape index (κ1) is 19.4. The minimum absolute atomic E-state index is 0.0307. The van der Waals surface area contributed by atoms with Crippen molar-refractivity contribution in [2.45, 2.75) is 38.3 Å². The van der Waals surface area contributed by atoms with Gasteiger partial charge in [-0.15, -0.1) is 0 Å². The van der Waals surface area contributed by atoms with Crippen molar-refractivity contribution in [2.75, 3.05) is 26.3 Å². The zero-order valence-electron chi connectivity index (χ0n) is 15.9. The Morgan fingerprint density at radius 1 is 1.25 bits per heavy atom. The number of hydrogen-bond acceptors (Lipinski definition) is 5. The molecule has 1 aromatic heterocycles. The lowest BCUT2D eigenvalue weighted by molar-refractivity contribution is -0.141. The number of rotatable bonds is 4. The second kappa shape index (κ2) is 8.61. The number of amides is 3. The molecule has 7 nitrogen and oxygen atoms in total. The van der Waals surface area contributed by atoms with Gasteiger partial charge in [-0.1, -0.05) is 0 Å². The summed E-state index contributed by atoms with van der Waals surface area (Å²) < 4.78 is 5.35. The maximum Gasteiger partial charge on any atom is 0.239 e. The van der Waals surface area contributed by atoms with Crippen molar-refractivity contribution in [3.63, 3.8) is 0 Å². The largest absolute Gasteiger partial charge is 0.381 e. The molecule has 152 valence electrons. The molecule has 0 unspecified atom stereocenters. The van der Waals surface area contributed by atoms with Crippen molar-refractivity contribution in [3.8, 4) is 0 Å². The maximum atomic E-state index is 12.9. The van der Waals surface area contributed by atoms with Crippen LogP contribution in [0.2, 0.25) is 0 Å². The monoisotopic (exact) mass is 405 g/mol. The van der Waals surface area contributed by atoms with E-state index in [9.17, 15) is 14.4 Å². The third-order valence-corrected chi connectivity index (χ3v) is 6.86. The fraction of sp³-hybridized carbons (Fsp3) is 0.650. The molecule has 1 aliphatic carbocycles. The molecule has 2 aliphatic heterocycles. The van der Waals surface area contributed by atoms with E-state index in [1.54, 1.807) is 16.2 Å². The normalized spacial score (nSPS) is 28.4. The summed E-state index contributed by atoms with van der Waals surface area (Å²) in [4.78, 5) is 39.6. The molecule has 3 atom stereocenters. The lowest BCUT2D eigenvalue weighted by Crippen LogP contribution is -2.43. The number of carbonyl (C=O) groups is 3. The highest BCUT2D eigenvalue weighted by atomic mass is 32.1. The van der Waals surface area contributed by atoms with Gasteiger partial charge in [0, 0.05) is 44.2 Å². The number of fused-ring (bicyclic) bond motifs is 1. The molecule has 3 fully saturated rings. The Labute approximate surface area is 168 Å². The molecule has 0 aromatic carbocycles. The average Bonchev–Trinajstić information content (AvgIpc) is 3.33. The van der Waals surface area contributed by atoms with E-state index in [0.717, 1.165) is 18.4 Å². The highest BCUT2D eigenvalue weighted by Gasteiger charge is 2.42. The number of hydrogen-bond donors (Lipinski definition) is 2. The first-order valence-corrected chi connectivity index (χ1v) is 11.0. The summed E-state index contributed by atoms with van der Waals surface area (Å²) in [6.07, 6.45) is 2.79. The molecule has 2 saturated heterocycles. The molecule has 3 heterocycles. The summed E-state index contributed by atoms with van der Waals surface area (Å²) in [5.41, 5.74) is 1.10. The summed E-state index contributed by atoms with van der Waals surface area (Å²) in [5.74, 6) is -0.0593. The van der Waals surface area contributed by atoms with E-state index in [2.05, 4.69) is 10.6 Å². The first-order chi connectivity index (χ1) is 13.6. The van der Waals surface area contributed by atoms with Crippen LogP contribution in [-0.2, 0) is 25.7 Å². The molecular weight excluding hydrogens is 378 g/mol. The third kappa shape index (κ3) is 4.38. The van der Waals surface area contributed by atoms with Crippen LogP contribution in [0.15, 0.2) is 16.8 Å². The topological polar surface area (TPSA) is 87.7 Å². The van der Waals surface area contributed by atoms with E-state index in [0.29, 0.717) is 39.1 Å². The van der Waals surface area contributed by atoms with Crippen LogP contribution in [0.3, 0.4) is 0 Å². The average molecular weight is 406 g/mol. The highest BCUT2D eigenvalue weighted by molar-refractivity contribution is 7.07.